The summed E-state index contributed by atoms with van der Waals surface area (Å²) in [6.07, 6.45) is 1.77. The van der Waals surface area contributed by atoms with Crippen molar-refractivity contribution < 1.29 is 4.74 Å². The summed E-state index contributed by atoms with van der Waals surface area (Å²) in [7, 11) is 1.61. The van der Waals surface area contributed by atoms with Crippen LogP contribution in [-0.2, 0) is 6.54 Å². The molecule has 1 aromatic carbocycles. The van der Waals surface area contributed by atoms with Gasteiger partial charge in [0.25, 0.3) is 0 Å². The van der Waals surface area contributed by atoms with Crippen molar-refractivity contribution in [3.63, 3.8) is 0 Å². The number of aromatic nitrogens is 2. The van der Waals surface area contributed by atoms with Crippen molar-refractivity contribution in [2.75, 3.05) is 12.4 Å². The van der Waals surface area contributed by atoms with Gasteiger partial charge in [0.1, 0.15) is 0 Å². The highest BCUT2D eigenvalue weighted by Crippen LogP contribution is 2.17. The highest BCUT2D eigenvalue weighted by molar-refractivity contribution is 5.79. The Morgan fingerprint density at radius 3 is 2.76 bits per heavy atom. The summed E-state index contributed by atoms with van der Waals surface area (Å²) in [6, 6.07) is 14.3. The number of methoxy groups -OCH3 is 1. The van der Waals surface area contributed by atoms with Crippen LogP contribution < -0.4 is 10.1 Å². The quantitative estimate of drug-likeness (QED) is 0.793. The number of nitrogens with zero attached hydrogens (tertiary/aromatic N) is 2. The largest absolute Gasteiger partial charge is 0.481 e. The lowest BCUT2D eigenvalue weighted by atomic mass is 10.1. The summed E-state index contributed by atoms with van der Waals surface area (Å²) in [5.41, 5.74) is 4.25. The molecule has 0 atom stereocenters. The van der Waals surface area contributed by atoms with Gasteiger partial charge in [0.2, 0.25) is 5.88 Å². The molecule has 2 aromatic heterocycles. The molecule has 106 valence electrons. The Morgan fingerprint density at radius 1 is 1.10 bits per heavy atom. The number of aryl methyl sites for hydroxylation is 1. The van der Waals surface area contributed by atoms with Gasteiger partial charge in [-0.2, -0.15) is 0 Å². The van der Waals surface area contributed by atoms with Crippen LogP contribution >= 0.6 is 0 Å². The lowest BCUT2D eigenvalue weighted by Gasteiger charge is -2.08. The molecule has 0 aliphatic heterocycles. The highest BCUT2D eigenvalue weighted by atomic mass is 16.5. The summed E-state index contributed by atoms with van der Waals surface area (Å²) in [5.74, 6) is 0.618. The van der Waals surface area contributed by atoms with Crippen molar-refractivity contribution in [2.45, 2.75) is 13.5 Å². The highest BCUT2D eigenvalue weighted by Gasteiger charge is 2.00. The second-order valence-electron chi connectivity index (χ2n) is 4.92. The third kappa shape index (κ3) is 3.11. The Hall–Kier alpha value is -2.62. The molecule has 0 fully saturated rings. The van der Waals surface area contributed by atoms with E-state index in [1.807, 2.05) is 25.1 Å². The molecule has 0 radical (unpaired) electrons. The third-order valence-corrected chi connectivity index (χ3v) is 3.33. The normalized spacial score (nSPS) is 10.6. The summed E-state index contributed by atoms with van der Waals surface area (Å²) >= 11 is 0. The van der Waals surface area contributed by atoms with Crippen LogP contribution in [0.25, 0.3) is 10.9 Å². The monoisotopic (exact) mass is 279 g/mol. The molecule has 4 nitrogen and oxygen atoms in total. The minimum absolute atomic E-state index is 0.618. The van der Waals surface area contributed by atoms with E-state index in [1.165, 1.54) is 5.56 Å². The molecule has 0 aliphatic carbocycles. The van der Waals surface area contributed by atoms with Crippen LogP contribution in [0.15, 0.2) is 48.7 Å². The Kier molecular flexibility index (Phi) is 3.69. The van der Waals surface area contributed by atoms with Gasteiger partial charge in [-0.3, -0.25) is 4.98 Å². The van der Waals surface area contributed by atoms with Gasteiger partial charge in [0.05, 0.1) is 24.5 Å². The van der Waals surface area contributed by atoms with Crippen LogP contribution in [0.4, 0.5) is 5.69 Å². The maximum Gasteiger partial charge on any atom is 0.213 e. The molecule has 1 N–H and O–H groups in total. The molecule has 0 unspecified atom stereocenters. The molecule has 21 heavy (non-hydrogen) atoms. The zero-order valence-electron chi connectivity index (χ0n) is 12.1. The SMILES string of the molecule is COc1ccc(NCc2ccc3nc(C)ccc3c2)cn1. The van der Waals surface area contributed by atoms with Gasteiger partial charge >= 0.3 is 0 Å². The molecule has 0 amide bonds. The van der Waals surface area contributed by atoms with Crippen molar-refractivity contribution >= 4 is 16.6 Å². The van der Waals surface area contributed by atoms with E-state index in [4.69, 9.17) is 4.74 Å². The molecule has 4 heteroatoms. The minimum Gasteiger partial charge on any atom is -0.481 e. The van der Waals surface area contributed by atoms with Crippen LogP contribution in [0.2, 0.25) is 0 Å². The zero-order chi connectivity index (χ0) is 14.7. The summed E-state index contributed by atoms with van der Waals surface area (Å²) in [5, 5.41) is 4.51. The van der Waals surface area contributed by atoms with Crippen LogP contribution in [0.3, 0.4) is 0 Å². The number of rotatable bonds is 4. The molecular weight excluding hydrogens is 262 g/mol. The van der Waals surface area contributed by atoms with Gasteiger partial charge in [-0.05, 0) is 36.8 Å². The smallest absolute Gasteiger partial charge is 0.213 e. The Morgan fingerprint density at radius 2 is 2.00 bits per heavy atom. The van der Waals surface area contributed by atoms with Crippen LogP contribution in [0.1, 0.15) is 11.3 Å². The van der Waals surface area contributed by atoms with Crippen molar-refractivity contribution in [2.24, 2.45) is 0 Å². The number of nitrogens with one attached hydrogen (secondary N) is 1. The first-order valence-electron chi connectivity index (χ1n) is 6.85. The van der Waals surface area contributed by atoms with Gasteiger partial charge in [-0.15, -0.1) is 0 Å². The number of benzene rings is 1. The van der Waals surface area contributed by atoms with E-state index in [2.05, 4.69) is 39.6 Å². The zero-order valence-corrected chi connectivity index (χ0v) is 12.1. The van der Waals surface area contributed by atoms with Gasteiger partial charge in [0, 0.05) is 23.7 Å². The minimum atomic E-state index is 0.618. The van der Waals surface area contributed by atoms with E-state index < -0.39 is 0 Å². The van der Waals surface area contributed by atoms with Gasteiger partial charge < -0.3 is 10.1 Å². The second-order valence-corrected chi connectivity index (χ2v) is 4.92. The van der Waals surface area contributed by atoms with Crippen molar-refractivity contribution in [3.8, 4) is 5.88 Å². The molecule has 0 spiro atoms. The van der Waals surface area contributed by atoms with Crippen molar-refractivity contribution in [1.29, 1.82) is 0 Å². The van der Waals surface area contributed by atoms with E-state index >= 15 is 0 Å². The fourth-order valence-electron chi connectivity index (χ4n) is 2.20. The standard InChI is InChI=1S/C17H17N3O/c1-12-3-5-14-9-13(4-7-16(14)20-12)10-18-15-6-8-17(21-2)19-11-15/h3-9,11,18H,10H2,1-2H3. The van der Waals surface area contributed by atoms with Gasteiger partial charge in [-0.1, -0.05) is 12.1 Å². The van der Waals surface area contributed by atoms with E-state index in [0.717, 1.165) is 28.8 Å². The van der Waals surface area contributed by atoms with Crippen molar-refractivity contribution in [3.05, 3.63) is 59.9 Å². The predicted molar refractivity (Wildman–Crippen MR) is 84.6 cm³/mol. The van der Waals surface area contributed by atoms with E-state index in [9.17, 15) is 0 Å². The lowest BCUT2D eigenvalue weighted by Crippen LogP contribution is -2.00. The number of hydrogen-bond donors (Lipinski definition) is 1. The third-order valence-electron chi connectivity index (χ3n) is 3.33. The Balaban J connectivity index is 1.73. The second kappa shape index (κ2) is 5.79. The average molecular weight is 279 g/mol. The van der Waals surface area contributed by atoms with E-state index in [0.29, 0.717) is 5.88 Å². The number of ether oxygens (including phenoxy) is 1. The first kappa shape index (κ1) is 13.4. The summed E-state index contributed by atoms with van der Waals surface area (Å²) in [4.78, 5) is 8.68. The number of anilines is 1. The molecule has 0 bridgehead atoms. The Bertz CT molecular complexity index is 754. The molecule has 3 aromatic rings. The van der Waals surface area contributed by atoms with Crippen molar-refractivity contribution in [1.82, 2.24) is 9.97 Å². The molecule has 0 saturated carbocycles. The maximum absolute atomic E-state index is 5.04. The predicted octanol–water partition coefficient (Wildman–Crippen LogP) is 3.56. The number of fused-ring (bicyclic) bond motifs is 1. The number of hydrogen-bond acceptors (Lipinski definition) is 4. The first-order valence-corrected chi connectivity index (χ1v) is 6.85. The number of pyridine rings is 2. The lowest BCUT2D eigenvalue weighted by molar-refractivity contribution is 0.398. The molecular formula is C17H17N3O. The van der Waals surface area contributed by atoms with Gasteiger partial charge in [0.15, 0.2) is 0 Å². The van der Waals surface area contributed by atoms with Crippen LogP contribution in [-0.4, -0.2) is 17.1 Å². The van der Waals surface area contributed by atoms with E-state index in [1.54, 1.807) is 13.3 Å². The van der Waals surface area contributed by atoms with E-state index in [-0.39, 0.29) is 0 Å². The first-order chi connectivity index (χ1) is 10.2. The molecule has 2 heterocycles. The molecule has 3 rings (SSSR count). The van der Waals surface area contributed by atoms with Crippen LogP contribution in [0, 0.1) is 6.92 Å². The Labute approximate surface area is 123 Å². The molecule has 0 saturated heterocycles. The topological polar surface area (TPSA) is 47.0 Å². The summed E-state index contributed by atoms with van der Waals surface area (Å²) in [6.45, 7) is 2.75. The van der Waals surface area contributed by atoms with Crippen LogP contribution in [0.5, 0.6) is 5.88 Å². The molecule has 0 aliphatic rings. The maximum atomic E-state index is 5.04. The van der Waals surface area contributed by atoms with Gasteiger partial charge in [-0.25, -0.2) is 4.98 Å². The fourth-order valence-corrected chi connectivity index (χ4v) is 2.20. The average Bonchev–Trinajstić information content (AvgIpc) is 2.53. The summed E-state index contributed by atoms with van der Waals surface area (Å²) < 4.78 is 5.04. The fraction of sp³-hybridized carbons (Fsp3) is 0.176.